The molecule has 0 unspecified atom stereocenters. The number of benzene rings is 2. The van der Waals surface area contributed by atoms with E-state index < -0.39 is 15.1 Å². The molecular weight excluding hydrogens is 376 g/mol. The summed E-state index contributed by atoms with van der Waals surface area (Å²) in [6.07, 6.45) is 1.15. The number of hydrogen-bond acceptors (Lipinski definition) is 5. The van der Waals surface area contributed by atoms with E-state index in [1.54, 1.807) is 54.3 Å². The second-order valence-electron chi connectivity index (χ2n) is 5.59. The molecule has 26 heavy (non-hydrogen) atoms. The van der Waals surface area contributed by atoms with Gasteiger partial charge >= 0.3 is 0 Å². The molecule has 3 aromatic rings. The summed E-state index contributed by atoms with van der Waals surface area (Å²) in [6, 6.07) is 15.0. The SMILES string of the molecule is COc1ccc(-n2nc(C(=O)Cl)cc2-c2ccc(S(C)(=O)=O)cc2)cc1. The Kier molecular flexibility index (Phi) is 4.84. The van der Waals surface area contributed by atoms with E-state index in [-0.39, 0.29) is 10.6 Å². The van der Waals surface area contributed by atoms with Crippen molar-refractivity contribution in [3.63, 3.8) is 0 Å². The molecule has 1 heterocycles. The summed E-state index contributed by atoms with van der Waals surface area (Å²) in [5, 5.41) is 3.58. The van der Waals surface area contributed by atoms with Crippen LogP contribution in [0.4, 0.5) is 0 Å². The van der Waals surface area contributed by atoms with E-state index in [4.69, 9.17) is 16.3 Å². The largest absolute Gasteiger partial charge is 0.497 e. The molecule has 0 amide bonds. The van der Waals surface area contributed by atoms with Crippen LogP contribution in [0, 0.1) is 0 Å². The minimum Gasteiger partial charge on any atom is -0.497 e. The number of ether oxygens (including phenoxy) is 1. The maximum atomic E-state index is 11.6. The zero-order chi connectivity index (χ0) is 18.9. The van der Waals surface area contributed by atoms with Crippen LogP contribution in [-0.2, 0) is 9.84 Å². The van der Waals surface area contributed by atoms with Gasteiger partial charge in [-0.2, -0.15) is 5.10 Å². The van der Waals surface area contributed by atoms with E-state index in [9.17, 15) is 13.2 Å². The number of carbonyl (C=O) groups is 1. The molecule has 6 nitrogen and oxygen atoms in total. The van der Waals surface area contributed by atoms with Gasteiger partial charge in [0, 0.05) is 11.8 Å². The molecule has 0 aliphatic carbocycles. The van der Waals surface area contributed by atoms with Crippen LogP contribution < -0.4 is 4.74 Å². The molecule has 0 fully saturated rings. The van der Waals surface area contributed by atoms with Crippen molar-refractivity contribution < 1.29 is 17.9 Å². The Labute approximate surface area is 155 Å². The molecule has 134 valence electrons. The van der Waals surface area contributed by atoms with Gasteiger partial charge in [-0.3, -0.25) is 4.79 Å². The number of sulfone groups is 1. The molecule has 0 radical (unpaired) electrons. The van der Waals surface area contributed by atoms with Gasteiger partial charge in [0.1, 0.15) is 11.4 Å². The zero-order valence-corrected chi connectivity index (χ0v) is 15.6. The lowest BCUT2D eigenvalue weighted by Gasteiger charge is -2.09. The summed E-state index contributed by atoms with van der Waals surface area (Å²) in [6.45, 7) is 0. The van der Waals surface area contributed by atoms with Gasteiger partial charge in [-0.05, 0) is 54.1 Å². The van der Waals surface area contributed by atoms with Crippen molar-refractivity contribution in [2.24, 2.45) is 0 Å². The van der Waals surface area contributed by atoms with Crippen LogP contribution in [0.2, 0.25) is 0 Å². The summed E-state index contributed by atoms with van der Waals surface area (Å²) >= 11 is 5.58. The summed E-state index contributed by atoms with van der Waals surface area (Å²) in [7, 11) is -1.72. The minimum absolute atomic E-state index is 0.102. The maximum Gasteiger partial charge on any atom is 0.272 e. The first-order chi connectivity index (χ1) is 12.3. The highest BCUT2D eigenvalue weighted by Gasteiger charge is 2.16. The Balaban J connectivity index is 2.12. The van der Waals surface area contributed by atoms with Crippen molar-refractivity contribution in [3.8, 4) is 22.7 Å². The number of methoxy groups -OCH3 is 1. The van der Waals surface area contributed by atoms with Crippen LogP contribution in [0.5, 0.6) is 5.75 Å². The predicted octanol–water partition coefficient (Wildman–Crippen LogP) is 3.33. The predicted molar refractivity (Wildman–Crippen MR) is 98.8 cm³/mol. The van der Waals surface area contributed by atoms with Crippen LogP contribution in [0.3, 0.4) is 0 Å². The summed E-state index contributed by atoms with van der Waals surface area (Å²) in [5.74, 6) is 0.689. The van der Waals surface area contributed by atoms with E-state index in [1.165, 1.54) is 12.1 Å². The lowest BCUT2D eigenvalue weighted by atomic mass is 10.1. The standard InChI is InChI=1S/C18H15ClN2O4S/c1-25-14-7-5-13(6-8-14)21-17(11-16(20-21)18(19)22)12-3-9-15(10-4-12)26(2,23)24/h3-11H,1-2H3. The lowest BCUT2D eigenvalue weighted by Crippen LogP contribution is -2.01. The van der Waals surface area contributed by atoms with Gasteiger partial charge < -0.3 is 4.74 Å². The van der Waals surface area contributed by atoms with Gasteiger partial charge in [0.15, 0.2) is 9.84 Å². The number of hydrogen-bond donors (Lipinski definition) is 0. The second-order valence-corrected chi connectivity index (χ2v) is 7.95. The molecule has 0 saturated carbocycles. The smallest absolute Gasteiger partial charge is 0.272 e. The van der Waals surface area contributed by atoms with Gasteiger partial charge in [0.25, 0.3) is 5.24 Å². The summed E-state index contributed by atoms with van der Waals surface area (Å²) in [4.78, 5) is 11.8. The third kappa shape index (κ3) is 3.63. The van der Waals surface area contributed by atoms with Crippen molar-refractivity contribution in [2.75, 3.05) is 13.4 Å². The average molecular weight is 391 g/mol. The molecule has 3 rings (SSSR count). The molecule has 0 bridgehead atoms. The van der Waals surface area contributed by atoms with Crippen molar-refractivity contribution in [2.45, 2.75) is 4.90 Å². The van der Waals surface area contributed by atoms with Crippen molar-refractivity contribution in [1.29, 1.82) is 0 Å². The van der Waals surface area contributed by atoms with Crippen LogP contribution >= 0.6 is 11.6 Å². The van der Waals surface area contributed by atoms with Crippen LogP contribution in [0.25, 0.3) is 16.9 Å². The molecule has 0 aliphatic rings. The van der Waals surface area contributed by atoms with Gasteiger partial charge in [-0.15, -0.1) is 0 Å². The Morgan fingerprint density at radius 2 is 1.69 bits per heavy atom. The number of carbonyl (C=O) groups excluding carboxylic acids is 1. The van der Waals surface area contributed by atoms with Gasteiger partial charge in [0.05, 0.1) is 23.4 Å². The summed E-state index contributed by atoms with van der Waals surface area (Å²) < 4.78 is 30.0. The Morgan fingerprint density at radius 1 is 1.08 bits per heavy atom. The van der Waals surface area contributed by atoms with Gasteiger partial charge in [-0.1, -0.05) is 12.1 Å². The Hall–Kier alpha value is -2.64. The van der Waals surface area contributed by atoms with Gasteiger partial charge in [0.2, 0.25) is 0 Å². The fraction of sp³-hybridized carbons (Fsp3) is 0.111. The summed E-state index contributed by atoms with van der Waals surface area (Å²) in [5.41, 5.74) is 2.12. The quantitative estimate of drug-likeness (QED) is 0.624. The third-order valence-corrected chi connectivity index (χ3v) is 5.13. The average Bonchev–Trinajstić information content (AvgIpc) is 3.07. The number of aromatic nitrogens is 2. The lowest BCUT2D eigenvalue weighted by molar-refractivity contribution is 0.107. The van der Waals surface area contributed by atoms with Crippen LogP contribution in [-0.4, -0.2) is 36.8 Å². The van der Waals surface area contributed by atoms with E-state index in [1.807, 2.05) is 0 Å². The molecule has 0 aliphatic heterocycles. The van der Waals surface area contributed by atoms with E-state index in [2.05, 4.69) is 5.10 Å². The monoisotopic (exact) mass is 390 g/mol. The topological polar surface area (TPSA) is 78.3 Å². The first-order valence-electron chi connectivity index (χ1n) is 7.54. The molecule has 0 spiro atoms. The molecule has 2 aromatic carbocycles. The molecule has 8 heteroatoms. The maximum absolute atomic E-state index is 11.6. The van der Waals surface area contributed by atoms with Crippen LogP contribution in [0.1, 0.15) is 10.5 Å². The third-order valence-electron chi connectivity index (χ3n) is 3.81. The van der Waals surface area contributed by atoms with E-state index in [0.29, 0.717) is 22.7 Å². The number of nitrogens with zero attached hydrogens (tertiary/aromatic N) is 2. The zero-order valence-electron chi connectivity index (χ0n) is 14.0. The molecule has 0 saturated heterocycles. The van der Waals surface area contributed by atoms with Crippen molar-refractivity contribution >= 4 is 26.7 Å². The molecule has 0 N–H and O–H groups in total. The van der Waals surface area contributed by atoms with Gasteiger partial charge in [-0.25, -0.2) is 13.1 Å². The van der Waals surface area contributed by atoms with Crippen molar-refractivity contribution in [3.05, 3.63) is 60.3 Å². The highest BCUT2D eigenvalue weighted by atomic mass is 35.5. The Morgan fingerprint density at radius 3 is 2.19 bits per heavy atom. The first-order valence-corrected chi connectivity index (χ1v) is 9.81. The highest BCUT2D eigenvalue weighted by Crippen LogP contribution is 2.27. The normalized spacial score (nSPS) is 11.3. The minimum atomic E-state index is -3.29. The Bertz CT molecular complexity index is 1060. The first kappa shape index (κ1) is 18.2. The van der Waals surface area contributed by atoms with Crippen LogP contribution in [0.15, 0.2) is 59.5 Å². The highest BCUT2D eigenvalue weighted by molar-refractivity contribution is 7.90. The van der Waals surface area contributed by atoms with E-state index >= 15 is 0 Å². The molecule has 1 aromatic heterocycles. The molecule has 0 atom stereocenters. The molecular formula is C18H15ClN2O4S. The fourth-order valence-electron chi connectivity index (χ4n) is 2.48. The van der Waals surface area contributed by atoms with E-state index in [0.717, 1.165) is 6.26 Å². The number of rotatable bonds is 5. The number of halogens is 1. The van der Waals surface area contributed by atoms with Crippen molar-refractivity contribution in [1.82, 2.24) is 9.78 Å². The fourth-order valence-corrected chi connectivity index (χ4v) is 3.20. The second kappa shape index (κ2) is 6.93.